The van der Waals surface area contributed by atoms with Crippen molar-refractivity contribution < 1.29 is 0 Å². The molecule has 0 amide bonds. The van der Waals surface area contributed by atoms with Crippen LogP contribution >= 0.6 is 0 Å². The van der Waals surface area contributed by atoms with Crippen molar-refractivity contribution in [2.24, 2.45) is 5.73 Å². The molecule has 0 unspecified atom stereocenters. The molecule has 3 heterocycles. The fourth-order valence-corrected chi connectivity index (χ4v) is 3.93. The van der Waals surface area contributed by atoms with Gasteiger partial charge in [-0.1, -0.05) is 42.5 Å². The summed E-state index contributed by atoms with van der Waals surface area (Å²) < 4.78 is 0. The number of nitrogens with two attached hydrogens (primary N) is 2. The van der Waals surface area contributed by atoms with Gasteiger partial charge < -0.3 is 16.8 Å². The largest absolute Gasteiger partial charge is 0.399 e. The molecular formula is C27H25N7. The molecule has 0 aliphatic heterocycles. The van der Waals surface area contributed by atoms with Crippen molar-refractivity contribution in [2.45, 2.75) is 12.5 Å². The Morgan fingerprint density at radius 3 is 2.44 bits per heavy atom. The predicted octanol–water partition coefficient (Wildman–Crippen LogP) is 4.32. The smallest absolute Gasteiger partial charge is 0.162 e. The van der Waals surface area contributed by atoms with E-state index in [9.17, 15) is 0 Å². The van der Waals surface area contributed by atoms with Gasteiger partial charge in [0.2, 0.25) is 0 Å². The zero-order valence-electron chi connectivity index (χ0n) is 18.6. The minimum absolute atomic E-state index is 0.0768. The molecule has 2 aromatic carbocycles. The van der Waals surface area contributed by atoms with Crippen molar-refractivity contribution >= 4 is 22.4 Å². The third-order valence-corrected chi connectivity index (χ3v) is 5.59. The highest BCUT2D eigenvalue weighted by atomic mass is 15.0. The minimum atomic E-state index is -0.0768. The van der Waals surface area contributed by atoms with Gasteiger partial charge in [-0.05, 0) is 42.3 Å². The number of nitrogens with zero attached hydrogens (tertiary/aromatic N) is 4. The first-order chi connectivity index (χ1) is 16.7. The maximum Gasteiger partial charge on any atom is 0.162 e. The van der Waals surface area contributed by atoms with E-state index in [0.29, 0.717) is 23.9 Å². The lowest BCUT2D eigenvalue weighted by Crippen LogP contribution is -2.31. The van der Waals surface area contributed by atoms with Gasteiger partial charge in [-0.2, -0.15) is 0 Å². The van der Waals surface area contributed by atoms with Crippen LogP contribution in [0.4, 0.5) is 11.5 Å². The van der Waals surface area contributed by atoms with Crippen molar-refractivity contribution in [1.29, 1.82) is 0 Å². The Kier molecular flexibility index (Phi) is 6.09. The van der Waals surface area contributed by atoms with Gasteiger partial charge in [0, 0.05) is 53.4 Å². The third-order valence-electron chi connectivity index (χ3n) is 5.59. The fraction of sp³-hybridized carbons (Fsp3) is 0.111. The number of nitrogen functional groups attached to an aromatic ring is 1. The van der Waals surface area contributed by atoms with E-state index in [2.05, 4.69) is 27.4 Å². The van der Waals surface area contributed by atoms with Gasteiger partial charge in [0.05, 0.1) is 5.69 Å². The van der Waals surface area contributed by atoms with Crippen molar-refractivity contribution in [3.8, 4) is 22.6 Å². The molecule has 5 N–H and O–H groups in total. The SMILES string of the molecule is Nc1cccc(-c2nccc3c(NC[C@@H](N)Cc4ccccc4)nc(-c4ccncc4)nc23)c1. The second kappa shape index (κ2) is 9.64. The van der Waals surface area contributed by atoms with Crippen molar-refractivity contribution in [2.75, 3.05) is 17.6 Å². The van der Waals surface area contributed by atoms with Gasteiger partial charge in [0.15, 0.2) is 5.82 Å². The lowest BCUT2D eigenvalue weighted by atomic mass is 10.1. The second-order valence-corrected chi connectivity index (χ2v) is 8.14. The highest BCUT2D eigenvalue weighted by Gasteiger charge is 2.15. The van der Waals surface area contributed by atoms with E-state index in [0.717, 1.165) is 34.1 Å². The summed E-state index contributed by atoms with van der Waals surface area (Å²) in [7, 11) is 0. The van der Waals surface area contributed by atoms with Crippen LogP contribution < -0.4 is 16.8 Å². The van der Waals surface area contributed by atoms with E-state index in [-0.39, 0.29) is 6.04 Å². The quantitative estimate of drug-likeness (QED) is 0.318. The van der Waals surface area contributed by atoms with Crippen molar-refractivity contribution in [3.05, 3.63) is 97.0 Å². The molecule has 0 bridgehead atoms. The molecule has 0 aliphatic rings. The predicted molar refractivity (Wildman–Crippen MR) is 137 cm³/mol. The highest BCUT2D eigenvalue weighted by Crippen LogP contribution is 2.31. The highest BCUT2D eigenvalue weighted by molar-refractivity contribution is 5.98. The summed E-state index contributed by atoms with van der Waals surface area (Å²) in [5.74, 6) is 1.31. The van der Waals surface area contributed by atoms with E-state index in [1.54, 1.807) is 18.6 Å². The first kappa shape index (κ1) is 21.5. The summed E-state index contributed by atoms with van der Waals surface area (Å²) in [6.07, 6.45) is 6.00. The van der Waals surface area contributed by atoms with Crippen LogP contribution in [0, 0.1) is 0 Å². The summed E-state index contributed by atoms with van der Waals surface area (Å²) >= 11 is 0. The number of rotatable bonds is 7. The zero-order chi connectivity index (χ0) is 23.3. The number of pyridine rings is 2. The summed E-state index contributed by atoms with van der Waals surface area (Å²) in [6, 6.07) is 23.5. The standard InChI is InChI=1S/C27H25N7/c28-21-8-4-7-20(16-21)24-25-23(11-14-31-24)27(34-26(33-25)19-9-12-30-13-10-19)32-17-22(29)15-18-5-2-1-3-6-18/h1-14,16,22H,15,17,28-29H2,(H,32,33,34)/t22-/m0/s1. The average Bonchev–Trinajstić information content (AvgIpc) is 2.88. The Morgan fingerprint density at radius 1 is 0.824 bits per heavy atom. The van der Waals surface area contributed by atoms with Gasteiger partial charge in [0.1, 0.15) is 11.3 Å². The molecule has 168 valence electrons. The van der Waals surface area contributed by atoms with E-state index >= 15 is 0 Å². The van der Waals surface area contributed by atoms with Gasteiger partial charge in [-0.3, -0.25) is 9.97 Å². The number of hydrogen-bond acceptors (Lipinski definition) is 7. The maximum atomic E-state index is 6.44. The van der Waals surface area contributed by atoms with Crippen molar-refractivity contribution in [3.63, 3.8) is 0 Å². The molecule has 5 aromatic rings. The molecule has 5 rings (SSSR count). The lowest BCUT2D eigenvalue weighted by Gasteiger charge is -2.16. The number of anilines is 2. The van der Waals surface area contributed by atoms with Crippen LogP contribution in [0.15, 0.2) is 91.4 Å². The number of benzene rings is 2. The topological polar surface area (TPSA) is 116 Å². The summed E-state index contributed by atoms with van der Waals surface area (Å²) in [5, 5.41) is 4.34. The zero-order valence-corrected chi connectivity index (χ0v) is 18.6. The van der Waals surface area contributed by atoms with Crippen LogP contribution in [0.2, 0.25) is 0 Å². The number of nitrogens with one attached hydrogen (secondary N) is 1. The first-order valence-electron chi connectivity index (χ1n) is 11.1. The molecule has 34 heavy (non-hydrogen) atoms. The first-order valence-corrected chi connectivity index (χ1v) is 11.1. The monoisotopic (exact) mass is 447 g/mol. The summed E-state index contributed by atoms with van der Waals surface area (Å²) in [4.78, 5) is 18.5. The molecule has 3 aromatic heterocycles. The van der Waals surface area contributed by atoms with Crippen LogP contribution in [0.25, 0.3) is 33.5 Å². The van der Waals surface area contributed by atoms with E-state index in [4.69, 9.17) is 21.4 Å². The molecule has 0 saturated carbocycles. The Labute approximate surface area is 197 Å². The van der Waals surface area contributed by atoms with Crippen LogP contribution in [-0.4, -0.2) is 32.5 Å². The van der Waals surface area contributed by atoms with Gasteiger partial charge in [-0.25, -0.2) is 9.97 Å². The number of hydrogen-bond donors (Lipinski definition) is 3. The number of aromatic nitrogens is 4. The van der Waals surface area contributed by atoms with Crippen LogP contribution in [0.1, 0.15) is 5.56 Å². The Bertz CT molecular complexity index is 1410. The molecule has 7 heteroatoms. The molecular weight excluding hydrogens is 422 g/mol. The van der Waals surface area contributed by atoms with E-state index < -0.39 is 0 Å². The Balaban J connectivity index is 1.55. The Morgan fingerprint density at radius 2 is 1.65 bits per heavy atom. The second-order valence-electron chi connectivity index (χ2n) is 8.14. The normalized spacial score (nSPS) is 11.9. The van der Waals surface area contributed by atoms with Crippen molar-refractivity contribution in [1.82, 2.24) is 19.9 Å². The van der Waals surface area contributed by atoms with Crippen LogP contribution in [-0.2, 0) is 6.42 Å². The molecule has 0 saturated heterocycles. The summed E-state index contributed by atoms with van der Waals surface area (Å²) in [5.41, 5.74) is 17.6. The van der Waals surface area contributed by atoms with Crippen LogP contribution in [0.3, 0.4) is 0 Å². The molecule has 0 fully saturated rings. The third kappa shape index (κ3) is 4.69. The molecule has 0 spiro atoms. The van der Waals surface area contributed by atoms with E-state index in [1.807, 2.05) is 60.7 Å². The molecule has 0 aliphatic carbocycles. The van der Waals surface area contributed by atoms with Gasteiger partial charge >= 0.3 is 0 Å². The fourth-order valence-electron chi connectivity index (χ4n) is 3.93. The Hall–Kier alpha value is -4.36. The molecule has 1 atom stereocenters. The number of fused-ring (bicyclic) bond motifs is 1. The lowest BCUT2D eigenvalue weighted by molar-refractivity contribution is 0.698. The summed E-state index contributed by atoms with van der Waals surface area (Å²) in [6.45, 7) is 0.562. The molecule has 0 radical (unpaired) electrons. The average molecular weight is 448 g/mol. The maximum absolute atomic E-state index is 6.44. The minimum Gasteiger partial charge on any atom is -0.399 e. The van der Waals surface area contributed by atoms with E-state index in [1.165, 1.54) is 5.56 Å². The van der Waals surface area contributed by atoms with Gasteiger partial charge in [-0.15, -0.1) is 0 Å². The van der Waals surface area contributed by atoms with Gasteiger partial charge in [0.25, 0.3) is 0 Å². The van der Waals surface area contributed by atoms with Crippen LogP contribution in [0.5, 0.6) is 0 Å². The molecule has 7 nitrogen and oxygen atoms in total.